The van der Waals surface area contributed by atoms with Crippen molar-refractivity contribution in [2.45, 2.75) is 12.8 Å². The van der Waals surface area contributed by atoms with E-state index in [1.54, 1.807) is 7.05 Å². The van der Waals surface area contributed by atoms with Gasteiger partial charge in [0.15, 0.2) is 0 Å². The summed E-state index contributed by atoms with van der Waals surface area (Å²) in [7, 11) is 1.78. The van der Waals surface area contributed by atoms with Crippen LogP contribution in [0.3, 0.4) is 0 Å². The Hall–Kier alpha value is -1.21. The maximum atomic E-state index is 12.3. The number of anilines is 1. The normalized spacial score (nSPS) is 20.6. The fourth-order valence-corrected chi connectivity index (χ4v) is 3.01. The summed E-state index contributed by atoms with van der Waals surface area (Å²) in [5.41, 5.74) is 0. The Labute approximate surface area is 116 Å². The molecular formula is C12H19N5OS. The lowest BCUT2D eigenvalue weighted by atomic mass is 10.3. The van der Waals surface area contributed by atoms with E-state index in [4.69, 9.17) is 0 Å². The first-order chi connectivity index (χ1) is 9.26. The zero-order valence-electron chi connectivity index (χ0n) is 11.1. The molecule has 19 heavy (non-hydrogen) atoms. The lowest BCUT2D eigenvalue weighted by molar-refractivity contribution is 0.0631. The van der Waals surface area contributed by atoms with Crippen molar-refractivity contribution in [2.24, 2.45) is 5.92 Å². The third kappa shape index (κ3) is 3.03. The summed E-state index contributed by atoms with van der Waals surface area (Å²) in [5, 5.41) is 11.9. The number of amides is 1. The highest BCUT2D eigenvalue weighted by molar-refractivity contribution is 7.17. The molecule has 0 bridgehead atoms. The van der Waals surface area contributed by atoms with Crippen molar-refractivity contribution in [3.63, 3.8) is 0 Å². The second-order valence-electron chi connectivity index (χ2n) is 5.20. The molecule has 3 rings (SSSR count). The SMILES string of the molecule is CNc1nnc(C(=O)N2CCN(CC3CC3)CC2)s1. The summed E-state index contributed by atoms with van der Waals surface area (Å²) < 4.78 is 0. The molecule has 1 aromatic heterocycles. The van der Waals surface area contributed by atoms with Gasteiger partial charge in [0.25, 0.3) is 5.91 Å². The Morgan fingerprint density at radius 3 is 2.63 bits per heavy atom. The van der Waals surface area contributed by atoms with E-state index in [0.717, 1.165) is 32.1 Å². The molecule has 0 unspecified atom stereocenters. The van der Waals surface area contributed by atoms with Gasteiger partial charge in [-0.1, -0.05) is 11.3 Å². The molecular weight excluding hydrogens is 262 g/mol. The van der Waals surface area contributed by atoms with Crippen molar-refractivity contribution in [3.8, 4) is 0 Å². The highest BCUT2D eigenvalue weighted by atomic mass is 32.1. The fraction of sp³-hybridized carbons (Fsp3) is 0.750. The van der Waals surface area contributed by atoms with Gasteiger partial charge in [-0.15, -0.1) is 10.2 Å². The molecule has 6 nitrogen and oxygen atoms in total. The van der Waals surface area contributed by atoms with Gasteiger partial charge in [-0.2, -0.15) is 0 Å². The van der Waals surface area contributed by atoms with Crippen LogP contribution in [0.4, 0.5) is 5.13 Å². The van der Waals surface area contributed by atoms with Crippen LogP contribution in [0.25, 0.3) is 0 Å². The van der Waals surface area contributed by atoms with Crippen LogP contribution in [0.5, 0.6) is 0 Å². The van der Waals surface area contributed by atoms with Crippen molar-refractivity contribution in [1.82, 2.24) is 20.0 Å². The Morgan fingerprint density at radius 2 is 2.05 bits per heavy atom. The number of hydrogen-bond donors (Lipinski definition) is 1. The lowest BCUT2D eigenvalue weighted by Gasteiger charge is -2.34. The first-order valence-electron chi connectivity index (χ1n) is 6.79. The third-order valence-corrected chi connectivity index (χ3v) is 4.62. The summed E-state index contributed by atoms with van der Waals surface area (Å²) in [4.78, 5) is 16.6. The number of hydrogen-bond acceptors (Lipinski definition) is 6. The van der Waals surface area contributed by atoms with Gasteiger partial charge in [0.2, 0.25) is 10.1 Å². The smallest absolute Gasteiger partial charge is 0.284 e. The van der Waals surface area contributed by atoms with Crippen LogP contribution in [-0.2, 0) is 0 Å². The van der Waals surface area contributed by atoms with Gasteiger partial charge >= 0.3 is 0 Å². The molecule has 2 heterocycles. The topological polar surface area (TPSA) is 61.4 Å². The maximum absolute atomic E-state index is 12.3. The number of nitrogens with zero attached hydrogens (tertiary/aromatic N) is 4. The van der Waals surface area contributed by atoms with E-state index in [9.17, 15) is 4.79 Å². The minimum Gasteiger partial charge on any atom is -0.363 e. The van der Waals surface area contributed by atoms with E-state index in [2.05, 4.69) is 20.4 Å². The van der Waals surface area contributed by atoms with Crippen molar-refractivity contribution >= 4 is 22.4 Å². The Kier molecular flexibility index (Phi) is 3.65. The summed E-state index contributed by atoms with van der Waals surface area (Å²) in [6.07, 6.45) is 2.77. The molecule has 0 atom stereocenters. The fourth-order valence-electron chi connectivity index (χ4n) is 2.35. The molecule has 104 valence electrons. The number of rotatable bonds is 4. The molecule has 7 heteroatoms. The van der Waals surface area contributed by atoms with Crippen LogP contribution in [-0.4, -0.2) is 65.7 Å². The third-order valence-electron chi connectivity index (χ3n) is 3.69. The summed E-state index contributed by atoms with van der Waals surface area (Å²) >= 11 is 1.32. The maximum Gasteiger partial charge on any atom is 0.284 e. The van der Waals surface area contributed by atoms with Crippen LogP contribution in [0.2, 0.25) is 0 Å². The van der Waals surface area contributed by atoms with Crippen LogP contribution in [0, 0.1) is 5.92 Å². The van der Waals surface area contributed by atoms with Gasteiger partial charge < -0.3 is 10.2 Å². The zero-order chi connectivity index (χ0) is 13.2. The first kappa shape index (κ1) is 12.8. The monoisotopic (exact) mass is 281 g/mol. The minimum atomic E-state index is 0.0186. The average molecular weight is 281 g/mol. The molecule has 1 aliphatic carbocycles. The number of piperazine rings is 1. The molecule has 1 aliphatic heterocycles. The van der Waals surface area contributed by atoms with Crippen molar-refractivity contribution < 1.29 is 4.79 Å². The van der Waals surface area contributed by atoms with Gasteiger partial charge in [0.1, 0.15) is 0 Å². The molecule has 2 aliphatic rings. The van der Waals surface area contributed by atoms with E-state index < -0.39 is 0 Å². The molecule has 2 fully saturated rings. The minimum absolute atomic E-state index is 0.0186. The molecule has 1 N–H and O–H groups in total. The average Bonchev–Trinajstić information content (AvgIpc) is 3.12. The molecule has 0 spiro atoms. The van der Waals surface area contributed by atoms with Gasteiger partial charge in [-0.05, 0) is 18.8 Å². The Balaban J connectivity index is 1.53. The number of carbonyl (C=O) groups excluding carboxylic acids is 1. The van der Waals surface area contributed by atoms with Crippen LogP contribution in [0.1, 0.15) is 22.6 Å². The second-order valence-corrected chi connectivity index (χ2v) is 6.18. The molecule has 0 radical (unpaired) electrons. The second kappa shape index (κ2) is 5.42. The van der Waals surface area contributed by atoms with Crippen LogP contribution < -0.4 is 5.32 Å². The van der Waals surface area contributed by atoms with E-state index >= 15 is 0 Å². The van der Waals surface area contributed by atoms with Crippen molar-refractivity contribution in [2.75, 3.05) is 45.1 Å². The van der Waals surface area contributed by atoms with Gasteiger partial charge in [0, 0.05) is 39.8 Å². The number of nitrogens with one attached hydrogen (secondary N) is 1. The summed E-state index contributed by atoms with van der Waals surface area (Å²) in [6, 6.07) is 0. The Morgan fingerprint density at radius 1 is 1.32 bits per heavy atom. The molecule has 1 saturated carbocycles. The van der Waals surface area contributed by atoms with Crippen molar-refractivity contribution in [3.05, 3.63) is 5.01 Å². The first-order valence-corrected chi connectivity index (χ1v) is 7.61. The largest absolute Gasteiger partial charge is 0.363 e. The predicted octanol–water partition coefficient (Wildman–Crippen LogP) is 0.748. The molecule has 1 aromatic rings. The number of carbonyl (C=O) groups is 1. The number of aromatic nitrogens is 2. The Bertz CT molecular complexity index is 451. The standard InChI is InChI=1S/C12H19N5OS/c1-13-12-15-14-10(19-12)11(18)17-6-4-16(5-7-17)8-9-2-3-9/h9H,2-8H2,1H3,(H,13,15). The van der Waals surface area contributed by atoms with Crippen molar-refractivity contribution in [1.29, 1.82) is 0 Å². The summed E-state index contributed by atoms with van der Waals surface area (Å²) in [5.74, 6) is 0.939. The van der Waals surface area contributed by atoms with E-state index in [1.165, 1.54) is 30.7 Å². The van der Waals surface area contributed by atoms with Gasteiger partial charge in [0.05, 0.1) is 0 Å². The summed E-state index contributed by atoms with van der Waals surface area (Å²) in [6.45, 7) is 4.80. The molecule has 1 amide bonds. The highest BCUT2D eigenvalue weighted by Crippen LogP contribution is 2.30. The van der Waals surface area contributed by atoms with E-state index in [1.807, 2.05) is 4.90 Å². The van der Waals surface area contributed by atoms with Crippen LogP contribution >= 0.6 is 11.3 Å². The molecule has 1 saturated heterocycles. The zero-order valence-corrected chi connectivity index (χ0v) is 11.9. The van der Waals surface area contributed by atoms with Crippen LogP contribution in [0.15, 0.2) is 0 Å². The van der Waals surface area contributed by atoms with E-state index in [-0.39, 0.29) is 5.91 Å². The van der Waals surface area contributed by atoms with E-state index in [0.29, 0.717) is 10.1 Å². The lowest BCUT2D eigenvalue weighted by Crippen LogP contribution is -2.49. The predicted molar refractivity (Wildman–Crippen MR) is 74.5 cm³/mol. The van der Waals surface area contributed by atoms with Gasteiger partial charge in [-0.25, -0.2) is 0 Å². The van der Waals surface area contributed by atoms with Gasteiger partial charge in [-0.3, -0.25) is 9.69 Å². The molecule has 0 aromatic carbocycles. The highest BCUT2D eigenvalue weighted by Gasteiger charge is 2.28. The quantitative estimate of drug-likeness (QED) is 0.882.